The highest BCUT2D eigenvalue weighted by atomic mass is 16.5. The molecule has 6 nitrogen and oxygen atoms in total. The summed E-state index contributed by atoms with van der Waals surface area (Å²) in [5, 5.41) is 17.2. The highest BCUT2D eigenvalue weighted by Crippen LogP contribution is 2.23. The molecule has 1 aromatic rings. The molecular weight excluding hydrogens is 246 g/mol. The van der Waals surface area contributed by atoms with Gasteiger partial charge in [-0.25, -0.2) is 0 Å². The standard InChI is InChI=1S/C13H19N3O3/c17-12(9-2-5-19-6-3-9)13(18)16-4-1-11-10(8-16)7-14-15-11/h7,9,12,17H,1-6,8H2,(H,14,15). The van der Waals surface area contributed by atoms with Gasteiger partial charge in [0.05, 0.1) is 6.20 Å². The molecular formula is C13H19N3O3. The number of aromatic amines is 1. The zero-order valence-corrected chi connectivity index (χ0v) is 10.8. The molecule has 1 amide bonds. The lowest BCUT2D eigenvalue weighted by molar-refractivity contribution is -0.146. The van der Waals surface area contributed by atoms with E-state index in [1.54, 1.807) is 11.1 Å². The van der Waals surface area contributed by atoms with E-state index < -0.39 is 6.10 Å². The zero-order chi connectivity index (χ0) is 13.2. The highest BCUT2D eigenvalue weighted by molar-refractivity contribution is 5.81. The molecule has 0 bridgehead atoms. The largest absolute Gasteiger partial charge is 0.383 e. The van der Waals surface area contributed by atoms with Crippen LogP contribution in [0.3, 0.4) is 0 Å². The Morgan fingerprint density at radius 1 is 1.53 bits per heavy atom. The molecule has 6 heteroatoms. The molecule has 3 rings (SSSR count). The number of nitrogens with one attached hydrogen (secondary N) is 1. The second-order valence-corrected chi connectivity index (χ2v) is 5.28. The Labute approximate surface area is 111 Å². The minimum atomic E-state index is -0.891. The first-order chi connectivity index (χ1) is 9.25. The van der Waals surface area contributed by atoms with Gasteiger partial charge in [0.25, 0.3) is 5.91 Å². The molecule has 3 heterocycles. The van der Waals surface area contributed by atoms with Crippen LogP contribution in [-0.2, 0) is 22.5 Å². The number of aliphatic hydroxyl groups is 1. The van der Waals surface area contributed by atoms with Gasteiger partial charge in [-0.05, 0) is 18.8 Å². The average Bonchev–Trinajstić information content (AvgIpc) is 2.94. The molecule has 0 aliphatic carbocycles. The average molecular weight is 265 g/mol. The van der Waals surface area contributed by atoms with Gasteiger partial charge >= 0.3 is 0 Å². The minimum Gasteiger partial charge on any atom is -0.383 e. The molecule has 0 saturated carbocycles. The molecule has 0 radical (unpaired) electrons. The van der Waals surface area contributed by atoms with Gasteiger partial charge in [0.2, 0.25) is 0 Å². The molecule has 0 aromatic carbocycles. The Balaban J connectivity index is 1.64. The maximum absolute atomic E-state index is 12.3. The molecule has 1 atom stereocenters. The van der Waals surface area contributed by atoms with E-state index in [1.807, 2.05) is 0 Å². The molecule has 2 aliphatic heterocycles. The van der Waals surface area contributed by atoms with Gasteiger partial charge in [-0.3, -0.25) is 9.89 Å². The Bertz CT molecular complexity index is 454. The molecule has 19 heavy (non-hydrogen) atoms. The number of hydrogen-bond donors (Lipinski definition) is 2. The number of aliphatic hydroxyl groups excluding tert-OH is 1. The number of hydrogen-bond acceptors (Lipinski definition) is 4. The third-order valence-corrected chi connectivity index (χ3v) is 4.08. The van der Waals surface area contributed by atoms with Gasteiger partial charge in [0, 0.05) is 44.0 Å². The molecule has 1 fully saturated rings. The molecule has 2 N–H and O–H groups in total. The third kappa shape index (κ3) is 2.50. The predicted octanol–water partition coefficient (Wildman–Crippen LogP) is 0.0819. The summed E-state index contributed by atoms with van der Waals surface area (Å²) in [6.45, 7) is 2.47. The van der Waals surface area contributed by atoms with E-state index in [1.165, 1.54) is 0 Å². The maximum atomic E-state index is 12.3. The van der Waals surface area contributed by atoms with Crippen LogP contribution in [0.4, 0.5) is 0 Å². The van der Waals surface area contributed by atoms with Crippen molar-refractivity contribution in [1.29, 1.82) is 0 Å². The van der Waals surface area contributed by atoms with Gasteiger partial charge in [0.15, 0.2) is 0 Å². The van der Waals surface area contributed by atoms with Crippen LogP contribution in [0.1, 0.15) is 24.1 Å². The fourth-order valence-electron chi connectivity index (χ4n) is 2.83. The first-order valence-electron chi connectivity index (χ1n) is 6.81. The summed E-state index contributed by atoms with van der Waals surface area (Å²) in [5.74, 6) is -0.120. The molecule has 1 unspecified atom stereocenters. The number of amides is 1. The summed E-state index contributed by atoms with van der Waals surface area (Å²) >= 11 is 0. The van der Waals surface area contributed by atoms with Crippen molar-refractivity contribution in [2.24, 2.45) is 5.92 Å². The van der Waals surface area contributed by atoms with E-state index in [-0.39, 0.29) is 11.8 Å². The Hall–Kier alpha value is -1.40. The summed E-state index contributed by atoms with van der Waals surface area (Å²) < 4.78 is 5.26. The molecule has 2 aliphatic rings. The Morgan fingerprint density at radius 2 is 2.32 bits per heavy atom. The maximum Gasteiger partial charge on any atom is 0.252 e. The fraction of sp³-hybridized carbons (Fsp3) is 0.692. The fourth-order valence-corrected chi connectivity index (χ4v) is 2.83. The summed E-state index contributed by atoms with van der Waals surface area (Å²) in [7, 11) is 0. The first-order valence-corrected chi connectivity index (χ1v) is 6.81. The van der Waals surface area contributed by atoms with Crippen LogP contribution in [0, 0.1) is 5.92 Å². The van der Waals surface area contributed by atoms with Gasteiger partial charge in [-0.2, -0.15) is 5.10 Å². The van der Waals surface area contributed by atoms with Crippen LogP contribution in [0.2, 0.25) is 0 Å². The molecule has 0 spiro atoms. The second kappa shape index (κ2) is 5.30. The molecule has 1 aromatic heterocycles. The van der Waals surface area contributed by atoms with Crippen LogP contribution >= 0.6 is 0 Å². The summed E-state index contributed by atoms with van der Waals surface area (Å²) in [6.07, 6.45) is 3.17. The van der Waals surface area contributed by atoms with E-state index in [4.69, 9.17) is 4.74 Å². The Kier molecular flexibility index (Phi) is 3.52. The van der Waals surface area contributed by atoms with E-state index >= 15 is 0 Å². The monoisotopic (exact) mass is 265 g/mol. The first kappa shape index (κ1) is 12.6. The smallest absolute Gasteiger partial charge is 0.252 e. The summed E-state index contributed by atoms with van der Waals surface area (Å²) in [5.41, 5.74) is 2.16. The number of ether oxygens (including phenoxy) is 1. The second-order valence-electron chi connectivity index (χ2n) is 5.28. The van der Waals surface area contributed by atoms with E-state index in [9.17, 15) is 9.90 Å². The number of fused-ring (bicyclic) bond motifs is 1. The van der Waals surface area contributed by atoms with Crippen molar-refractivity contribution in [2.45, 2.75) is 31.9 Å². The number of rotatable bonds is 2. The van der Waals surface area contributed by atoms with Crippen LogP contribution in [0.25, 0.3) is 0 Å². The van der Waals surface area contributed by atoms with Crippen LogP contribution in [-0.4, -0.2) is 52.0 Å². The molecule has 1 saturated heterocycles. The zero-order valence-electron chi connectivity index (χ0n) is 10.8. The highest BCUT2D eigenvalue weighted by Gasteiger charge is 2.32. The third-order valence-electron chi connectivity index (χ3n) is 4.08. The lowest BCUT2D eigenvalue weighted by Gasteiger charge is -2.32. The van der Waals surface area contributed by atoms with Crippen molar-refractivity contribution < 1.29 is 14.6 Å². The van der Waals surface area contributed by atoms with Crippen molar-refractivity contribution >= 4 is 5.91 Å². The van der Waals surface area contributed by atoms with E-state index in [0.717, 1.165) is 30.5 Å². The van der Waals surface area contributed by atoms with Crippen LogP contribution in [0.15, 0.2) is 6.20 Å². The van der Waals surface area contributed by atoms with Crippen molar-refractivity contribution in [2.75, 3.05) is 19.8 Å². The van der Waals surface area contributed by atoms with Crippen molar-refractivity contribution in [3.63, 3.8) is 0 Å². The number of carbonyl (C=O) groups excluding carboxylic acids is 1. The van der Waals surface area contributed by atoms with Crippen molar-refractivity contribution in [3.8, 4) is 0 Å². The topological polar surface area (TPSA) is 78.5 Å². The predicted molar refractivity (Wildman–Crippen MR) is 67.3 cm³/mol. The number of H-pyrrole nitrogens is 1. The summed E-state index contributed by atoms with van der Waals surface area (Å²) in [4.78, 5) is 14.1. The van der Waals surface area contributed by atoms with E-state index in [2.05, 4.69) is 10.2 Å². The SMILES string of the molecule is O=C(C(O)C1CCOCC1)N1CCc2[nH]ncc2C1. The van der Waals surface area contributed by atoms with Crippen molar-refractivity contribution in [3.05, 3.63) is 17.5 Å². The normalized spacial score (nSPS) is 22.1. The van der Waals surface area contributed by atoms with Crippen LogP contribution in [0.5, 0.6) is 0 Å². The lowest BCUT2D eigenvalue weighted by Crippen LogP contribution is -2.45. The van der Waals surface area contributed by atoms with Gasteiger partial charge in [-0.15, -0.1) is 0 Å². The lowest BCUT2D eigenvalue weighted by atomic mass is 9.92. The number of nitrogens with zero attached hydrogens (tertiary/aromatic N) is 2. The number of aromatic nitrogens is 2. The quantitative estimate of drug-likeness (QED) is 0.794. The molecule has 104 valence electrons. The van der Waals surface area contributed by atoms with Gasteiger partial charge < -0.3 is 14.7 Å². The Morgan fingerprint density at radius 3 is 3.11 bits per heavy atom. The van der Waals surface area contributed by atoms with Gasteiger partial charge in [0.1, 0.15) is 6.10 Å². The van der Waals surface area contributed by atoms with E-state index in [0.29, 0.717) is 26.3 Å². The summed E-state index contributed by atoms with van der Waals surface area (Å²) in [6, 6.07) is 0. The van der Waals surface area contributed by atoms with Crippen LogP contribution < -0.4 is 0 Å². The number of carbonyl (C=O) groups is 1. The van der Waals surface area contributed by atoms with Crippen molar-refractivity contribution in [1.82, 2.24) is 15.1 Å². The van der Waals surface area contributed by atoms with Gasteiger partial charge in [-0.1, -0.05) is 0 Å². The minimum absolute atomic E-state index is 0.0343.